The number of fused-ring (bicyclic) bond motifs is 1. The van der Waals surface area contributed by atoms with Gasteiger partial charge in [-0.05, 0) is 55.7 Å². The summed E-state index contributed by atoms with van der Waals surface area (Å²) in [5.41, 5.74) is 2.81. The van der Waals surface area contributed by atoms with E-state index in [-0.39, 0.29) is 21.7 Å². The monoisotopic (exact) mass is 496 g/mol. The van der Waals surface area contributed by atoms with Crippen LogP contribution in [-0.4, -0.2) is 51.4 Å². The Morgan fingerprint density at radius 1 is 1.03 bits per heavy atom. The van der Waals surface area contributed by atoms with Crippen molar-refractivity contribution in [3.63, 3.8) is 0 Å². The number of hydrogen-bond donors (Lipinski definition) is 1. The van der Waals surface area contributed by atoms with Crippen molar-refractivity contribution in [2.45, 2.75) is 25.2 Å². The van der Waals surface area contributed by atoms with Crippen LogP contribution in [0.4, 0.5) is 5.69 Å². The molecule has 1 aliphatic heterocycles. The maximum absolute atomic E-state index is 13.3. The first-order chi connectivity index (χ1) is 16.6. The number of methoxy groups -OCH3 is 1. The molecule has 1 aromatic heterocycles. The van der Waals surface area contributed by atoms with Gasteiger partial charge in [0.1, 0.15) is 0 Å². The van der Waals surface area contributed by atoms with Crippen LogP contribution in [0.5, 0.6) is 0 Å². The number of H-pyrrole nitrogens is 1. The predicted octanol–water partition coefficient (Wildman–Crippen LogP) is 3.21. The number of Topliss-reactive ketones (excluding diaryl/α,β-unsaturated/α-hetero) is 1. The average molecular weight is 497 g/mol. The molecule has 0 fully saturated rings. The van der Waals surface area contributed by atoms with Crippen molar-refractivity contribution in [3.8, 4) is 0 Å². The van der Waals surface area contributed by atoms with Crippen LogP contribution >= 0.6 is 0 Å². The van der Waals surface area contributed by atoms with Gasteiger partial charge < -0.3 is 14.5 Å². The van der Waals surface area contributed by atoms with Gasteiger partial charge >= 0.3 is 11.9 Å². The van der Waals surface area contributed by atoms with Crippen molar-refractivity contribution >= 4 is 33.4 Å². The van der Waals surface area contributed by atoms with Gasteiger partial charge in [0.05, 0.1) is 34.5 Å². The number of aryl methyl sites for hydroxylation is 1. The Balaban J connectivity index is 1.49. The molecular weight excluding hydrogens is 472 g/mol. The van der Waals surface area contributed by atoms with E-state index in [2.05, 4.69) is 4.98 Å². The quantitative estimate of drug-likeness (QED) is 0.394. The number of aromatic nitrogens is 1. The summed E-state index contributed by atoms with van der Waals surface area (Å²) in [5, 5.41) is 0. The van der Waals surface area contributed by atoms with Gasteiger partial charge in [-0.25, -0.2) is 18.0 Å². The summed E-state index contributed by atoms with van der Waals surface area (Å²) in [4.78, 5) is 40.0. The fraction of sp³-hybridized carbons (Fsp3) is 0.240. The van der Waals surface area contributed by atoms with E-state index < -0.39 is 34.4 Å². The standard InChI is InChI=1S/C25H24N2O7S/c1-15-22(25(30)33-3)16(2)26-23(15)21(28)14-34-24(29)18-8-6-9-19(13-18)35(31,32)27-12-11-17-7-4-5-10-20(17)27/h4-10,13,26H,11-12,14H2,1-3H3. The second-order valence-corrected chi connectivity index (χ2v) is 9.96. The van der Waals surface area contributed by atoms with Gasteiger partial charge in [0.15, 0.2) is 6.61 Å². The van der Waals surface area contributed by atoms with Crippen molar-refractivity contribution in [3.05, 3.63) is 82.2 Å². The van der Waals surface area contributed by atoms with Gasteiger partial charge in [0.2, 0.25) is 5.78 Å². The molecule has 0 saturated carbocycles. The van der Waals surface area contributed by atoms with Gasteiger partial charge in [0.25, 0.3) is 10.0 Å². The van der Waals surface area contributed by atoms with Crippen LogP contribution in [0.15, 0.2) is 53.4 Å². The SMILES string of the molecule is COC(=O)c1c(C)[nH]c(C(=O)COC(=O)c2cccc(S(=O)(=O)N3CCc4ccccc43)c2)c1C. The number of anilines is 1. The van der Waals surface area contributed by atoms with E-state index >= 15 is 0 Å². The number of benzene rings is 2. The number of rotatable bonds is 7. The largest absolute Gasteiger partial charge is 0.465 e. The van der Waals surface area contributed by atoms with E-state index in [1.54, 1.807) is 26.0 Å². The molecule has 0 saturated heterocycles. The molecule has 0 unspecified atom stereocenters. The molecule has 182 valence electrons. The predicted molar refractivity (Wildman–Crippen MR) is 127 cm³/mol. The molecule has 0 aliphatic carbocycles. The molecule has 9 nitrogen and oxygen atoms in total. The molecule has 3 aromatic rings. The van der Waals surface area contributed by atoms with E-state index in [0.717, 1.165) is 5.56 Å². The van der Waals surface area contributed by atoms with E-state index in [4.69, 9.17) is 9.47 Å². The van der Waals surface area contributed by atoms with E-state index in [1.165, 1.54) is 35.7 Å². The average Bonchev–Trinajstić information content (AvgIpc) is 3.43. The highest BCUT2D eigenvalue weighted by Gasteiger charge is 2.31. The normalized spacial score (nSPS) is 12.8. The van der Waals surface area contributed by atoms with Crippen LogP contribution in [-0.2, 0) is 25.9 Å². The minimum atomic E-state index is -3.89. The van der Waals surface area contributed by atoms with Gasteiger partial charge in [-0.15, -0.1) is 0 Å². The number of para-hydroxylation sites is 1. The summed E-state index contributed by atoms with van der Waals surface area (Å²) in [6.07, 6.45) is 0.606. The molecule has 35 heavy (non-hydrogen) atoms. The lowest BCUT2D eigenvalue weighted by molar-refractivity contribution is 0.0472. The lowest BCUT2D eigenvalue weighted by atomic mass is 10.1. The fourth-order valence-corrected chi connectivity index (χ4v) is 5.74. The number of esters is 2. The Labute approximate surface area is 202 Å². The topological polar surface area (TPSA) is 123 Å². The third-order valence-corrected chi connectivity index (χ3v) is 7.75. The molecule has 0 atom stereocenters. The summed E-state index contributed by atoms with van der Waals surface area (Å²) in [6.45, 7) is 2.95. The van der Waals surface area contributed by atoms with E-state index in [1.807, 2.05) is 12.1 Å². The van der Waals surface area contributed by atoms with Gasteiger partial charge in [-0.2, -0.15) is 0 Å². The van der Waals surface area contributed by atoms with Crippen LogP contribution in [0.1, 0.15) is 48.0 Å². The molecular formula is C25H24N2O7S. The summed E-state index contributed by atoms with van der Waals surface area (Å²) in [5.74, 6) is -1.95. The first-order valence-electron chi connectivity index (χ1n) is 10.8. The molecule has 2 heterocycles. The highest BCUT2D eigenvalue weighted by Crippen LogP contribution is 2.32. The Bertz CT molecular complexity index is 1440. The van der Waals surface area contributed by atoms with Crippen LogP contribution in [0, 0.1) is 13.8 Å². The number of nitrogens with one attached hydrogen (secondary N) is 1. The Hall–Kier alpha value is -3.92. The first kappa shape index (κ1) is 24.2. The number of aromatic amines is 1. The number of ether oxygens (including phenoxy) is 2. The minimum Gasteiger partial charge on any atom is -0.465 e. The lowest BCUT2D eigenvalue weighted by Crippen LogP contribution is -2.29. The number of nitrogens with zero attached hydrogens (tertiary/aromatic N) is 1. The third-order valence-electron chi connectivity index (χ3n) is 5.94. The molecule has 0 radical (unpaired) electrons. The second kappa shape index (κ2) is 9.38. The van der Waals surface area contributed by atoms with Gasteiger partial charge in [-0.3, -0.25) is 9.10 Å². The van der Waals surface area contributed by atoms with Crippen LogP contribution < -0.4 is 4.31 Å². The summed E-state index contributed by atoms with van der Waals surface area (Å²) >= 11 is 0. The maximum Gasteiger partial charge on any atom is 0.339 e. The Morgan fingerprint density at radius 2 is 1.77 bits per heavy atom. The van der Waals surface area contributed by atoms with Gasteiger partial charge in [-0.1, -0.05) is 24.3 Å². The zero-order valence-electron chi connectivity index (χ0n) is 19.5. The first-order valence-corrected chi connectivity index (χ1v) is 12.3. The molecule has 0 bridgehead atoms. The smallest absolute Gasteiger partial charge is 0.339 e. The zero-order chi connectivity index (χ0) is 25.3. The second-order valence-electron chi connectivity index (χ2n) is 8.10. The molecule has 1 N–H and O–H groups in total. The summed E-state index contributed by atoms with van der Waals surface area (Å²) < 4.78 is 37.7. The van der Waals surface area contributed by atoms with E-state index in [9.17, 15) is 22.8 Å². The highest BCUT2D eigenvalue weighted by molar-refractivity contribution is 7.92. The lowest BCUT2D eigenvalue weighted by Gasteiger charge is -2.19. The summed E-state index contributed by atoms with van der Waals surface area (Å²) in [6, 6.07) is 12.8. The number of ketones is 1. The molecule has 0 amide bonds. The Morgan fingerprint density at radius 3 is 2.51 bits per heavy atom. The van der Waals surface area contributed by atoms with Crippen molar-refractivity contribution in [2.24, 2.45) is 0 Å². The highest BCUT2D eigenvalue weighted by atomic mass is 32.2. The molecule has 2 aromatic carbocycles. The fourth-order valence-electron chi connectivity index (χ4n) is 4.19. The Kier molecular flexibility index (Phi) is 6.49. The molecule has 4 rings (SSSR count). The zero-order valence-corrected chi connectivity index (χ0v) is 20.3. The molecule has 0 spiro atoms. The summed E-state index contributed by atoms with van der Waals surface area (Å²) in [7, 11) is -2.65. The van der Waals surface area contributed by atoms with Crippen molar-refractivity contribution in [2.75, 3.05) is 24.6 Å². The van der Waals surface area contributed by atoms with E-state index in [0.29, 0.717) is 29.9 Å². The maximum atomic E-state index is 13.3. The van der Waals surface area contributed by atoms with Crippen LogP contribution in [0.2, 0.25) is 0 Å². The number of sulfonamides is 1. The minimum absolute atomic E-state index is 0.000921. The number of hydrogen-bond acceptors (Lipinski definition) is 7. The van der Waals surface area contributed by atoms with Crippen molar-refractivity contribution in [1.29, 1.82) is 0 Å². The van der Waals surface area contributed by atoms with Crippen LogP contribution in [0.3, 0.4) is 0 Å². The van der Waals surface area contributed by atoms with Crippen LogP contribution in [0.25, 0.3) is 0 Å². The van der Waals surface area contributed by atoms with Crippen molar-refractivity contribution < 1.29 is 32.3 Å². The third kappa shape index (κ3) is 4.44. The van der Waals surface area contributed by atoms with Crippen molar-refractivity contribution in [1.82, 2.24) is 4.98 Å². The molecule has 10 heteroatoms. The van der Waals surface area contributed by atoms with Gasteiger partial charge in [0, 0.05) is 12.2 Å². The number of carbonyl (C=O) groups excluding carboxylic acids is 3. The number of carbonyl (C=O) groups is 3. The molecule has 1 aliphatic rings.